The van der Waals surface area contributed by atoms with Crippen molar-refractivity contribution in [1.29, 1.82) is 0 Å². The van der Waals surface area contributed by atoms with Crippen LogP contribution < -0.4 is 5.32 Å². The van der Waals surface area contributed by atoms with E-state index in [0.717, 1.165) is 37.8 Å². The molecule has 1 aromatic carbocycles. The normalized spacial score (nSPS) is 17.4. The smallest absolute Gasteiger partial charge is 0.310 e. The van der Waals surface area contributed by atoms with Crippen molar-refractivity contribution in [2.24, 2.45) is 0 Å². The molecule has 0 aliphatic heterocycles. The number of aromatic hydroxyl groups is 1. The molecule has 1 amide bonds. The van der Waals surface area contributed by atoms with Crippen LogP contribution in [0.2, 0.25) is 0 Å². The zero-order chi connectivity index (χ0) is 14.8. The Morgan fingerprint density at radius 1 is 1.35 bits per heavy atom. The van der Waals surface area contributed by atoms with E-state index in [0.29, 0.717) is 0 Å². The molecule has 0 atom stereocenters. The molecule has 0 spiro atoms. The fourth-order valence-electron chi connectivity index (χ4n) is 2.62. The first kappa shape index (κ1) is 14.3. The van der Waals surface area contributed by atoms with E-state index in [1.165, 1.54) is 12.5 Å². The molecule has 2 N–H and O–H groups in total. The van der Waals surface area contributed by atoms with Gasteiger partial charge in [-0.3, -0.25) is 14.9 Å². The maximum Gasteiger partial charge on any atom is 0.310 e. The molecule has 1 aliphatic rings. The molecular weight excluding hydrogens is 260 g/mol. The molecule has 1 saturated carbocycles. The standard InChI is InChI=1S/C14H18N2O4/c1-14(7-3-2-4-8-14)15-13(18)10-5-6-11(16(19)20)12(17)9-10/h5-6,9,17H,2-4,7-8H2,1H3,(H,15,18). The monoisotopic (exact) mass is 278 g/mol. The number of amides is 1. The maximum absolute atomic E-state index is 12.2. The zero-order valence-electron chi connectivity index (χ0n) is 11.4. The predicted molar refractivity (Wildman–Crippen MR) is 73.7 cm³/mol. The number of nitrogens with one attached hydrogen (secondary N) is 1. The molecule has 1 aromatic rings. The lowest BCUT2D eigenvalue weighted by molar-refractivity contribution is -0.385. The molecule has 1 aliphatic carbocycles. The van der Waals surface area contributed by atoms with Crippen molar-refractivity contribution >= 4 is 11.6 Å². The Morgan fingerprint density at radius 2 is 2.00 bits per heavy atom. The lowest BCUT2D eigenvalue weighted by Crippen LogP contribution is -2.47. The number of phenols is 1. The summed E-state index contributed by atoms with van der Waals surface area (Å²) in [6, 6.07) is 3.65. The Kier molecular flexibility index (Phi) is 3.92. The Morgan fingerprint density at radius 3 is 2.55 bits per heavy atom. The Labute approximate surface area is 117 Å². The van der Waals surface area contributed by atoms with E-state index in [9.17, 15) is 20.0 Å². The number of benzene rings is 1. The van der Waals surface area contributed by atoms with Crippen LogP contribution in [-0.4, -0.2) is 21.5 Å². The predicted octanol–water partition coefficient (Wildman–Crippen LogP) is 2.75. The molecule has 0 unspecified atom stereocenters. The number of nitro benzene ring substituents is 1. The van der Waals surface area contributed by atoms with E-state index in [4.69, 9.17) is 0 Å². The van der Waals surface area contributed by atoms with E-state index in [1.54, 1.807) is 0 Å². The van der Waals surface area contributed by atoms with Crippen LogP contribution in [0.3, 0.4) is 0 Å². The average molecular weight is 278 g/mol. The van der Waals surface area contributed by atoms with Gasteiger partial charge < -0.3 is 10.4 Å². The summed E-state index contributed by atoms with van der Waals surface area (Å²) in [6.45, 7) is 2.01. The van der Waals surface area contributed by atoms with Crippen molar-refractivity contribution in [1.82, 2.24) is 5.32 Å². The van der Waals surface area contributed by atoms with Gasteiger partial charge in [-0.15, -0.1) is 0 Å². The zero-order valence-corrected chi connectivity index (χ0v) is 11.4. The quantitative estimate of drug-likeness (QED) is 0.656. The van der Waals surface area contributed by atoms with E-state index in [-0.39, 0.29) is 17.0 Å². The summed E-state index contributed by atoms with van der Waals surface area (Å²) in [6.07, 6.45) is 5.21. The molecule has 20 heavy (non-hydrogen) atoms. The van der Waals surface area contributed by atoms with Crippen LogP contribution in [0.1, 0.15) is 49.4 Å². The van der Waals surface area contributed by atoms with Gasteiger partial charge in [0.25, 0.3) is 5.91 Å². The van der Waals surface area contributed by atoms with Crippen molar-refractivity contribution in [3.63, 3.8) is 0 Å². The van der Waals surface area contributed by atoms with Gasteiger partial charge in [0.15, 0.2) is 5.75 Å². The van der Waals surface area contributed by atoms with Gasteiger partial charge in [-0.2, -0.15) is 0 Å². The molecule has 2 rings (SSSR count). The van der Waals surface area contributed by atoms with Crippen LogP contribution in [0.4, 0.5) is 5.69 Å². The average Bonchev–Trinajstić information content (AvgIpc) is 2.38. The molecule has 6 nitrogen and oxygen atoms in total. The number of nitrogens with zero attached hydrogens (tertiary/aromatic N) is 1. The van der Waals surface area contributed by atoms with E-state index in [1.807, 2.05) is 6.92 Å². The van der Waals surface area contributed by atoms with Crippen molar-refractivity contribution in [3.05, 3.63) is 33.9 Å². The second kappa shape index (κ2) is 5.48. The van der Waals surface area contributed by atoms with E-state index >= 15 is 0 Å². The maximum atomic E-state index is 12.2. The molecule has 6 heteroatoms. The third kappa shape index (κ3) is 3.07. The van der Waals surface area contributed by atoms with Crippen LogP contribution in [0.15, 0.2) is 18.2 Å². The van der Waals surface area contributed by atoms with E-state index in [2.05, 4.69) is 5.32 Å². The van der Waals surface area contributed by atoms with Crippen LogP contribution >= 0.6 is 0 Å². The van der Waals surface area contributed by atoms with Crippen molar-refractivity contribution < 1.29 is 14.8 Å². The highest BCUT2D eigenvalue weighted by molar-refractivity contribution is 5.95. The minimum Gasteiger partial charge on any atom is -0.502 e. The van der Waals surface area contributed by atoms with Crippen molar-refractivity contribution in [2.45, 2.75) is 44.6 Å². The summed E-state index contributed by atoms with van der Waals surface area (Å²) in [5, 5.41) is 23.1. The highest BCUT2D eigenvalue weighted by Crippen LogP contribution is 2.29. The van der Waals surface area contributed by atoms with Gasteiger partial charge in [0, 0.05) is 17.2 Å². The lowest BCUT2D eigenvalue weighted by Gasteiger charge is -2.34. The summed E-state index contributed by atoms with van der Waals surface area (Å²) < 4.78 is 0. The summed E-state index contributed by atoms with van der Waals surface area (Å²) in [7, 11) is 0. The van der Waals surface area contributed by atoms with Gasteiger partial charge in [-0.25, -0.2) is 0 Å². The number of phenolic OH excluding ortho intramolecular Hbond substituents is 1. The summed E-state index contributed by atoms with van der Waals surface area (Å²) in [4.78, 5) is 22.1. The number of rotatable bonds is 3. The number of carbonyl (C=O) groups is 1. The molecule has 1 fully saturated rings. The Bertz CT molecular complexity index is 536. The van der Waals surface area contributed by atoms with Crippen LogP contribution in [0.5, 0.6) is 5.75 Å². The van der Waals surface area contributed by atoms with Gasteiger partial charge in [0.1, 0.15) is 0 Å². The van der Waals surface area contributed by atoms with Crippen LogP contribution in [-0.2, 0) is 0 Å². The first-order chi connectivity index (χ1) is 9.41. The topological polar surface area (TPSA) is 92.5 Å². The second-order valence-corrected chi connectivity index (χ2v) is 5.54. The first-order valence-corrected chi connectivity index (χ1v) is 6.71. The molecule has 0 aromatic heterocycles. The molecule has 0 bridgehead atoms. The van der Waals surface area contributed by atoms with Gasteiger partial charge in [0.2, 0.25) is 0 Å². The van der Waals surface area contributed by atoms with Gasteiger partial charge in [-0.1, -0.05) is 19.3 Å². The first-order valence-electron chi connectivity index (χ1n) is 6.71. The van der Waals surface area contributed by atoms with Crippen LogP contribution in [0.25, 0.3) is 0 Å². The van der Waals surface area contributed by atoms with Gasteiger partial charge >= 0.3 is 5.69 Å². The minimum absolute atomic E-state index is 0.229. The molecule has 0 radical (unpaired) electrons. The molecule has 0 heterocycles. The van der Waals surface area contributed by atoms with Crippen molar-refractivity contribution in [2.75, 3.05) is 0 Å². The lowest BCUT2D eigenvalue weighted by atomic mass is 9.83. The highest BCUT2D eigenvalue weighted by Gasteiger charge is 2.29. The SMILES string of the molecule is CC1(NC(=O)c2ccc([N+](=O)[O-])c(O)c2)CCCCC1. The fourth-order valence-corrected chi connectivity index (χ4v) is 2.62. The highest BCUT2D eigenvalue weighted by atomic mass is 16.6. The Balaban J connectivity index is 2.13. The van der Waals surface area contributed by atoms with Gasteiger partial charge in [-0.05, 0) is 31.9 Å². The third-order valence-corrected chi connectivity index (χ3v) is 3.81. The number of hydrogen-bond acceptors (Lipinski definition) is 4. The third-order valence-electron chi connectivity index (χ3n) is 3.81. The molecule has 0 saturated heterocycles. The second-order valence-electron chi connectivity index (χ2n) is 5.54. The summed E-state index contributed by atoms with van der Waals surface area (Å²) >= 11 is 0. The van der Waals surface area contributed by atoms with E-state index < -0.39 is 16.4 Å². The molecular formula is C14H18N2O4. The van der Waals surface area contributed by atoms with Gasteiger partial charge in [0.05, 0.1) is 4.92 Å². The Hall–Kier alpha value is -2.11. The summed E-state index contributed by atoms with van der Waals surface area (Å²) in [5.74, 6) is -0.795. The largest absolute Gasteiger partial charge is 0.502 e. The number of hydrogen-bond donors (Lipinski definition) is 2. The molecule has 108 valence electrons. The van der Waals surface area contributed by atoms with Crippen LogP contribution in [0, 0.1) is 10.1 Å². The number of carbonyl (C=O) groups excluding carboxylic acids is 1. The minimum atomic E-state index is -0.681. The fraction of sp³-hybridized carbons (Fsp3) is 0.500. The summed E-state index contributed by atoms with van der Waals surface area (Å²) in [5.41, 5.74) is -0.391. The van der Waals surface area contributed by atoms with Crippen molar-refractivity contribution in [3.8, 4) is 5.75 Å². The number of nitro groups is 1.